The maximum atomic E-state index is 12.4. The van der Waals surface area contributed by atoms with E-state index in [1.807, 2.05) is 0 Å². The van der Waals surface area contributed by atoms with Gasteiger partial charge < -0.3 is 19.8 Å². The molecule has 1 aromatic heterocycles. The van der Waals surface area contributed by atoms with Crippen LogP contribution in [0.2, 0.25) is 0 Å². The summed E-state index contributed by atoms with van der Waals surface area (Å²) in [5.74, 6) is -2.66. The fourth-order valence-corrected chi connectivity index (χ4v) is 3.90. The largest absolute Gasteiger partial charge is 0.469 e. The first-order valence-electron chi connectivity index (χ1n) is 11.6. The minimum Gasteiger partial charge on any atom is -0.469 e. The number of aromatic amines is 1. The summed E-state index contributed by atoms with van der Waals surface area (Å²) in [5, 5.41) is 2.59. The van der Waals surface area contributed by atoms with E-state index in [1.54, 1.807) is 60.7 Å². The quantitative estimate of drug-likeness (QED) is 0.373. The minimum atomic E-state index is -0.837. The van der Waals surface area contributed by atoms with Crippen molar-refractivity contribution in [2.24, 2.45) is 5.92 Å². The Labute approximate surface area is 218 Å². The molecule has 1 aliphatic heterocycles. The molecule has 4 rings (SSSR count). The van der Waals surface area contributed by atoms with Crippen LogP contribution in [0.1, 0.15) is 49.6 Å². The highest BCUT2D eigenvalue weighted by atomic mass is 16.5. The van der Waals surface area contributed by atoms with Gasteiger partial charge in [-0.05, 0) is 12.5 Å². The number of ether oxygens (including phenoxy) is 2. The number of aromatic nitrogens is 1. The molecule has 2 N–H and O–H groups in total. The second-order valence-corrected chi connectivity index (χ2v) is 8.24. The number of ketones is 2. The lowest BCUT2D eigenvalue weighted by Gasteiger charge is -2.29. The molecular formula is C28H26N2O8. The highest BCUT2D eigenvalue weighted by Crippen LogP contribution is 2.22. The van der Waals surface area contributed by atoms with E-state index in [-0.39, 0.29) is 29.4 Å². The lowest BCUT2D eigenvalue weighted by atomic mass is 9.86. The molecular weight excluding hydrogens is 492 g/mol. The van der Waals surface area contributed by atoms with Gasteiger partial charge in [0, 0.05) is 23.6 Å². The van der Waals surface area contributed by atoms with Crippen LogP contribution >= 0.6 is 0 Å². The molecule has 0 saturated carbocycles. The number of carbonyl (C=O) groups is 5. The van der Waals surface area contributed by atoms with Crippen molar-refractivity contribution in [3.8, 4) is 0 Å². The van der Waals surface area contributed by atoms with E-state index in [9.17, 15) is 28.8 Å². The van der Waals surface area contributed by atoms with Crippen molar-refractivity contribution in [2.75, 3.05) is 14.2 Å². The molecule has 1 saturated heterocycles. The fraction of sp³-hybridized carbons (Fsp3) is 0.214. The summed E-state index contributed by atoms with van der Waals surface area (Å²) in [6, 6.07) is 18.6. The molecule has 2 heterocycles. The first-order valence-corrected chi connectivity index (χ1v) is 11.6. The van der Waals surface area contributed by atoms with Gasteiger partial charge in [0.25, 0.3) is 0 Å². The number of amides is 1. The second-order valence-electron chi connectivity index (χ2n) is 8.24. The van der Waals surface area contributed by atoms with Crippen molar-refractivity contribution < 1.29 is 33.4 Å². The number of nitrogens with one attached hydrogen (secondary N) is 2. The molecule has 38 heavy (non-hydrogen) atoms. The predicted molar refractivity (Wildman–Crippen MR) is 136 cm³/mol. The van der Waals surface area contributed by atoms with Crippen LogP contribution in [0.3, 0.4) is 0 Å². The fourth-order valence-electron chi connectivity index (χ4n) is 3.90. The number of rotatable bonds is 6. The zero-order chi connectivity index (χ0) is 27.7. The summed E-state index contributed by atoms with van der Waals surface area (Å²) >= 11 is 0. The molecule has 0 radical (unpaired) electrons. The van der Waals surface area contributed by atoms with Crippen LogP contribution in [0.15, 0.2) is 77.6 Å². The van der Waals surface area contributed by atoms with Crippen molar-refractivity contribution in [1.29, 1.82) is 0 Å². The molecule has 0 bridgehead atoms. The Hall–Kier alpha value is -4.86. The SMILES string of the molecule is COC(=O)C1CCC(=O)NC1C(=O)c1ccccc1.COC(=O)c1ccc(=O)[nH]c1C(=O)c1ccccc1. The smallest absolute Gasteiger partial charge is 0.340 e. The van der Waals surface area contributed by atoms with Crippen molar-refractivity contribution in [3.63, 3.8) is 0 Å². The molecule has 3 aromatic rings. The Morgan fingerprint density at radius 3 is 1.97 bits per heavy atom. The van der Waals surface area contributed by atoms with Gasteiger partial charge >= 0.3 is 11.9 Å². The number of methoxy groups -OCH3 is 2. The van der Waals surface area contributed by atoms with Crippen LogP contribution in [-0.2, 0) is 19.1 Å². The van der Waals surface area contributed by atoms with E-state index >= 15 is 0 Å². The van der Waals surface area contributed by atoms with Crippen LogP contribution in [0, 0.1) is 5.92 Å². The summed E-state index contributed by atoms with van der Waals surface area (Å²) < 4.78 is 9.29. The Morgan fingerprint density at radius 2 is 1.39 bits per heavy atom. The van der Waals surface area contributed by atoms with E-state index in [2.05, 4.69) is 15.0 Å². The van der Waals surface area contributed by atoms with Crippen molar-refractivity contribution in [3.05, 3.63) is 106 Å². The van der Waals surface area contributed by atoms with Crippen LogP contribution < -0.4 is 10.9 Å². The van der Waals surface area contributed by atoms with Crippen molar-refractivity contribution in [2.45, 2.75) is 18.9 Å². The highest BCUT2D eigenvalue weighted by molar-refractivity contribution is 6.13. The molecule has 1 fully saturated rings. The van der Waals surface area contributed by atoms with E-state index in [4.69, 9.17) is 4.74 Å². The van der Waals surface area contributed by atoms with Crippen LogP contribution in [0.4, 0.5) is 0 Å². The Morgan fingerprint density at radius 1 is 0.789 bits per heavy atom. The predicted octanol–water partition coefficient (Wildman–Crippen LogP) is 2.33. The molecule has 0 aliphatic carbocycles. The molecule has 1 amide bonds. The first-order chi connectivity index (χ1) is 18.3. The Bertz CT molecular complexity index is 1380. The number of hydrogen-bond acceptors (Lipinski definition) is 8. The number of piperidine rings is 1. The molecule has 0 spiro atoms. The van der Waals surface area contributed by atoms with Gasteiger partial charge in [0.15, 0.2) is 5.78 Å². The molecule has 2 aromatic carbocycles. The van der Waals surface area contributed by atoms with Gasteiger partial charge in [-0.15, -0.1) is 0 Å². The summed E-state index contributed by atoms with van der Waals surface area (Å²) in [4.78, 5) is 73.1. The van der Waals surface area contributed by atoms with Gasteiger partial charge in [0.2, 0.25) is 17.2 Å². The van der Waals surface area contributed by atoms with Gasteiger partial charge in [-0.1, -0.05) is 60.7 Å². The lowest BCUT2D eigenvalue weighted by molar-refractivity contribution is -0.147. The number of Topliss-reactive ketones (excluding diaryl/α,β-unsaturated/α-hetero) is 1. The van der Waals surface area contributed by atoms with E-state index < -0.39 is 35.2 Å². The van der Waals surface area contributed by atoms with Crippen LogP contribution in [0.5, 0.6) is 0 Å². The third-order valence-electron chi connectivity index (χ3n) is 5.83. The zero-order valence-electron chi connectivity index (χ0n) is 20.8. The maximum Gasteiger partial charge on any atom is 0.340 e. The standard InChI is InChI=1S/C14H15NO4.C14H11NO4/c2*1-19-14(18)10-7-8-11(16)15-12(10)13(17)9-5-3-2-4-6-9/h2-6,10,12H,7-8H2,1H3,(H,15,16);2-8H,1H3,(H,15,16). The third-order valence-corrected chi connectivity index (χ3v) is 5.83. The second kappa shape index (κ2) is 12.9. The van der Waals surface area contributed by atoms with Gasteiger partial charge in [-0.2, -0.15) is 0 Å². The van der Waals surface area contributed by atoms with Crippen molar-refractivity contribution in [1.82, 2.24) is 10.3 Å². The number of hydrogen-bond donors (Lipinski definition) is 2. The van der Waals surface area contributed by atoms with Crippen LogP contribution in [0.25, 0.3) is 0 Å². The zero-order valence-corrected chi connectivity index (χ0v) is 20.8. The molecule has 2 atom stereocenters. The Balaban J connectivity index is 0.000000211. The first kappa shape index (κ1) is 27.7. The molecule has 10 nitrogen and oxygen atoms in total. The summed E-state index contributed by atoms with van der Waals surface area (Å²) in [7, 11) is 2.49. The normalized spacial score (nSPS) is 16.2. The summed E-state index contributed by atoms with van der Waals surface area (Å²) in [6.07, 6.45) is 0.570. The number of benzene rings is 2. The number of H-pyrrole nitrogens is 1. The number of esters is 2. The maximum absolute atomic E-state index is 12.4. The average Bonchev–Trinajstić information content (AvgIpc) is 2.96. The van der Waals surface area contributed by atoms with Gasteiger partial charge in [0.1, 0.15) is 11.7 Å². The topological polar surface area (TPSA) is 149 Å². The average molecular weight is 519 g/mol. The van der Waals surface area contributed by atoms with Gasteiger partial charge in [-0.3, -0.25) is 24.0 Å². The summed E-state index contributed by atoms with van der Waals surface area (Å²) in [5.41, 5.74) is 0.381. The summed E-state index contributed by atoms with van der Waals surface area (Å²) in [6.45, 7) is 0. The van der Waals surface area contributed by atoms with E-state index in [1.165, 1.54) is 26.4 Å². The Kier molecular flexibility index (Phi) is 9.42. The number of pyridine rings is 1. The van der Waals surface area contributed by atoms with E-state index in [0.29, 0.717) is 17.5 Å². The molecule has 196 valence electrons. The van der Waals surface area contributed by atoms with E-state index in [0.717, 1.165) is 0 Å². The minimum absolute atomic E-state index is 0.0379. The monoisotopic (exact) mass is 518 g/mol. The molecule has 1 aliphatic rings. The third kappa shape index (κ3) is 6.67. The van der Waals surface area contributed by atoms with Gasteiger partial charge in [0.05, 0.1) is 25.7 Å². The lowest BCUT2D eigenvalue weighted by Crippen LogP contribution is -2.52. The molecule has 10 heteroatoms. The van der Waals surface area contributed by atoms with Crippen LogP contribution in [-0.4, -0.2) is 54.7 Å². The highest BCUT2D eigenvalue weighted by Gasteiger charge is 2.39. The van der Waals surface area contributed by atoms with Gasteiger partial charge in [-0.25, -0.2) is 4.79 Å². The van der Waals surface area contributed by atoms with Crippen molar-refractivity contribution >= 4 is 29.4 Å². The molecule has 2 unspecified atom stereocenters. The number of carbonyl (C=O) groups excluding carboxylic acids is 5.